The number of fused-ring (bicyclic) bond motifs is 1. The molecule has 1 aromatic heterocycles. The zero-order chi connectivity index (χ0) is 10.8. The number of hydrogen-bond acceptors (Lipinski definition) is 4. The Kier molecular flexibility index (Phi) is 2.31. The van der Waals surface area contributed by atoms with Crippen molar-refractivity contribution in [1.29, 1.82) is 0 Å². The van der Waals surface area contributed by atoms with Crippen LogP contribution < -0.4 is 5.73 Å². The van der Waals surface area contributed by atoms with E-state index in [2.05, 4.69) is 4.98 Å². The smallest absolute Gasteiger partial charge is 0.270 e. The van der Waals surface area contributed by atoms with E-state index >= 15 is 0 Å². The second kappa shape index (κ2) is 3.62. The molecule has 0 aliphatic rings. The minimum atomic E-state index is -0.424. The summed E-state index contributed by atoms with van der Waals surface area (Å²) in [5.41, 5.74) is 6.25. The number of pyridine rings is 1. The molecule has 0 unspecified atom stereocenters. The van der Waals surface area contributed by atoms with Gasteiger partial charge in [-0.25, -0.2) is 0 Å². The van der Waals surface area contributed by atoms with Crippen molar-refractivity contribution in [3.63, 3.8) is 0 Å². The average molecular weight is 203 g/mol. The van der Waals surface area contributed by atoms with Gasteiger partial charge in [-0.15, -0.1) is 0 Å². The van der Waals surface area contributed by atoms with Gasteiger partial charge in [-0.3, -0.25) is 15.1 Å². The van der Waals surface area contributed by atoms with E-state index in [1.54, 1.807) is 18.3 Å². The Morgan fingerprint density at radius 3 is 2.87 bits per heavy atom. The summed E-state index contributed by atoms with van der Waals surface area (Å²) in [5.74, 6) is 0. The molecule has 15 heavy (non-hydrogen) atoms. The van der Waals surface area contributed by atoms with E-state index in [4.69, 9.17) is 5.73 Å². The highest BCUT2D eigenvalue weighted by Gasteiger charge is 2.08. The maximum absolute atomic E-state index is 10.6. The molecule has 0 aliphatic carbocycles. The molecule has 0 amide bonds. The second-order valence-electron chi connectivity index (χ2n) is 3.12. The zero-order valence-electron chi connectivity index (χ0n) is 7.88. The van der Waals surface area contributed by atoms with Crippen LogP contribution in [0.25, 0.3) is 10.8 Å². The predicted molar refractivity (Wildman–Crippen MR) is 56.3 cm³/mol. The van der Waals surface area contributed by atoms with Crippen molar-refractivity contribution in [2.24, 2.45) is 5.73 Å². The van der Waals surface area contributed by atoms with Crippen LogP contribution in [0.2, 0.25) is 0 Å². The molecule has 1 aromatic carbocycles. The molecule has 0 bridgehead atoms. The first-order chi connectivity index (χ1) is 7.22. The molecule has 0 saturated carbocycles. The summed E-state index contributed by atoms with van der Waals surface area (Å²) in [5, 5.41) is 12.3. The lowest BCUT2D eigenvalue weighted by atomic mass is 10.1. The first-order valence-electron chi connectivity index (χ1n) is 4.44. The molecule has 76 valence electrons. The van der Waals surface area contributed by atoms with E-state index in [9.17, 15) is 10.1 Å². The Labute approximate surface area is 85.7 Å². The number of nitro benzene ring substituents is 1. The fourth-order valence-electron chi connectivity index (χ4n) is 1.49. The Hall–Kier alpha value is -2.01. The molecule has 5 heteroatoms. The highest BCUT2D eigenvalue weighted by atomic mass is 16.6. The summed E-state index contributed by atoms with van der Waals surface area (Å²) in [6.45, 7) is 0.276. The van der Waals surface area contributed by atoms with Gasteiger partial charge in [0.1, 0.15) is 0 Å². The normalized spacial score (nSPS) is 10.5. The molecule has 0 atom stereocenters. The van der Waals surface area contributed by atoms with E-state index in [-0.39, 0.29) is 12.2 Å². The Morgan fingerprint density at radius 2 is 2.20 bits per heavy atom. The summed E-state index contributed by atoms with van der Waals surface area (Å²) in [7, 11) is 0. The lowest BCUT2D eigenvalue weighted by molar-refractivity contribution is -0.384. The van der Waals surface area contributed by atoms with Crippen molar-refractivity contribution in [2.45, 2.75) is 6.54 Å². The van der Waals surface area contributed by atoms with Gasteiger partial charge in [0.25, 0.3) is 5.69 Å². The van der Waals surface area contributed by atoms with Crippen molar-refractivity contribution >= 4 is 16.5 Å². The van der Waals surface area contributed by atoms with Crippen molar-refractivity contribution in [3.8, 4) is 0 Å². The van der Waals surface area contributed by atoms with Gasteiger partial charge in [-0.2, -0.15) is 0 Å². The van der Waals surface area contributed by atoms with Crippen LogP contribution in [-0.2, 0) is 6.54 Å². The Morgan fingerprint density at radius 1 is 1.40 bits per heavy atom. The average Bonchev–Trinajstić information content (AvgIpc) is 2.27. The largest absolute Gasteiger partial charge is 0.325 e. The van der Waals surface area contributed by atoms with Gasteiger partial charge in [-0.1, -0.05) is 0 Å². The number of nitrogens with two attached hydrogens (primary N) is 1. The van der Waals surface area contributed by atoms with Crippen molar-refractivity contribution in [2.75, 3.05) is 0 Å². The molecule has 2 aromatic rings. The first kappa shape index (κ1) is 9.54. The third-order valence-electron chi connectivity index (χ3n) is 2.24. The van der Waals surface area contributed by atoms with Crippen LogP contribution in [0.4, 0.5) is 5.69 Å². The van der Waals surface area contributed by atoms with E-state index < -0.39 is 4.92 Å². The number of rotatable bonds is 2. The van der Waals surface area contributed by atoms with Crippen LogP contribution in [0, 0.1) is 10.1 Å². The quantitative estimate of drug-likeness (QED) is 0.593. The number of nitrogens with zero attached hydrogens (tertiary/aromatic N) is 2. The number of non-ortho nitro benzene ring substituents is 1. The zero-order valence-corrected chi connectivity index (χ0v) is 7.88. The topological polar surface area (TPSA) is 82.0 Å². The SMILES string of the molecule is NCc1nccc2ccc([N+](=O)[O-])cc12. The van der Waals surface area contributed by atoms with Crippen LogP contribution in [0.15, 0.2) is 30.5 Å². The maximum atomic E-state index is 10.6. The minimum Gasteiger partial charge on any atom is -0.325 e. The van der Waals surface area contributed by atoms with Crippen molar-refractivity contribution < 1.29 is 4.92 Å². The van der Waals surface area contributed by atoms with Crippen LogP contribution in [0.1, 0.15) is 5.69 Å². The number of hydrogen-bond donors (Lipinski definition) is 1. The summed E-state index contributed by atoms with van der Waals surface area (Å²) in [6.07, 6.45) is 1.65. The van der Waals surface area contributed by atoms with Gasteiger partial charge in [-0.05, 0) is 17.5 Å². The molecule has 2 N–H and O–H groups in total. The summed E-state index contributed by atoms with van der Waals surface area (Å²) >= 11 is 0. The fraction of sp³-hybridized carbons (Fsp3) is 0.100. The third-order valence-corrected chi connectivity index (χ3v) is 2.24. The van der Waals surface area contributed by atoms with Crippen LogP contribution in [0.3, 0.4) is 0 Å². The summed E-state index contributed by atoms with van der Waals surface area (Å²) in [6, 6.07) is 6.49. The number of aromatic nitrogens is 1. The van der Waals surface area contributed by atoms with Crippen LogP contribution >= 0.6 is 0 Å². The van der Waals surface area contributed by atoms with Gasteiger partial charge in [0.05, 0.1) is 10.6 Å². The summed E-state index contributed by atoms with van der Waals surface area (Å²) < 4.78 is 0. The van der Waals surface area contributed by atoms with E-state index in [0.29, 0.717) is 5.69 Å². The maximum Gasteiger partial charge on any atom is 0.270 e. The summed E-state index contributed by atoms with van der Waals surface area (Å²) in [4.78, 5) is 14.3. The molecule has 0 saturated heterocycles. The van der Waals surface area contributed by atoms with E-state index in [0.717, 1.165) is 10.8 Å². The number of nitro groups is 1. The van der Waals surface area contributed by atoms with E-state index in [1.165, 1.54) is 12.1 Å². The van der Waals surface area contributed by atoms with Crippen molar-refractivity contribution in [1.82, 2.24) is 4.98 Å². The van der Waals surface area contributed by atoms with Gasteiger partial charge in [0.15, 0.2) is 0 Å². The molecular weight excluding hydrogens is 194 g/mol. The standard InChI is InChI=1S/C10H9N3O2/c11-6-10-9-5-8(13(14)15)2-1-7(9)3-4-12-10/h1-5H,6,11H2. The monoisotopic (exact) mass is 203 g/mol. The molecule has 2 rings (SSSR count). The van der Waals surface area contributed by atoms with Gasteiger partial charge in [0, 0.05) is 30.3 Å². The van der Waals surface area contributed by atoms with Gasteiger partial charge >= 0.3 is 0 Å². The molecule has 0 aliphatic heterocycles. The third kappa shape index (κ3) is 1.64. The predicted octanol–water partition coefficient (Wildman–Crippen LogP) is 1.60. The van der Waals surface area contributed by atoms with E-state index in [1.807, 2.05) is 0 Å². The van der Waals surface area contributed by atoms with Crippen LogP contribution in [0.5, 0.6) is 0 Å². The molecule has 0 radical (unpaired) electrons. The molecule has 5 nitrogen and oxygen atoms in total. The second-order valence-corrected chi connectivity index (χ2v) is 3.12. The van der Waals surface area contributed by atoms with Crippen LogP contribution in [-0.4, -0.2) is 9.91 Å². The molecular formula is C10H9N3O2. The Bertz CT molecular complexity index is 525. The Balaban J connectivity index is 2.72. The fourth-order valence-corrected chi connectivity index (χ4v) is 1.49. The highest BCUT2D eigenvalue weighted by Crippen LogP contribution is 2.22. The lowest BCUT2D eigenvalue weighted by Gasteiger charge is -2.02. The number of benzene rings is 1. The first-order valence-corrected chi connectivity index (χ1v) is 4.44. The molecule has 0 fully saturated rings. The van der Waals surface area contributed by atoms with Crippen molar-refractivity contribution in [3.05, 3.63) is 46.3 Å². The van der Waals surface area contributed by atoms with Gasteiger partial charge < -0.3 is 5.73 Å². The highest BCUT2D eigenvalue weighted by molar-refractivity contribution is 5.86. The van der Waals surface area contributed by atoms with Gasteiger partial charge in [0.2, 0.25) is 0 Å². The lowest BCUT2D eigenvalue weighted by Crippen LogP contribution is -2.00. The molecule has 0 spiro atoms. The molecule has 1 heterocycles. The minimum absolute atomic E-state index is 0.0604.